The summed E-state index contributed by atoms with van der Waals surface area (Å²) in [5.74, 6) is -1.46. The summed E-state index contributed by atoms with van der Waals surface area (Å²) >= 11 is 0.977. The number of hydrogen-bond acceptors (Lipinski definition) is 5. The van der Waals surface area contributed by atoms with Gasteiger partial charge in [0.05, 0.1) is 16.4 Å². The van der Waals surface area contributed by atoms with Crippen LogP contribution in [0.5, 0.6) is 0 Å². The Morgan fingerprint density at radius 1 is 1.28 bits per heavy atom. The molecule has 0 aromatic heterocycles. The molecule has 2 N–H and O–H groups in total. The summed E-state index contributed by atoms with van der Waals surface area (Å²) in [5, 5.41) is 21.3. The van der Waals surface area contributed by atoms with E-state index in [1.165, 1.54) is 24.3 Å². The van der Waals surface area contributed by atoms with Crippen molar-refractivity contribution in [3.05, 3.63) is 34.4 Å². The van der Waals surface area contributed by atoms with Crippen molar-refractivity contribution < 1.29 is 19.6 Å². The lowest BCUT2D eigenvalue weighted by molar-refractivity contribution is -0.384. The summed E-state index contributed by atoms with van der Waals surface area (Å²) in [6.45, 7) is 0. The monoisotopic (exact) mass is 270 g/mol. The summed E-state index contributed by atoms with van der Waals surface area (Å²) in [7, 11) is 0. The van der Waals surface area contributed by atoms with E-state index < -0.39 is 10.9 Å². The van der Waals surface area contributed by atoms with Crippen LogP contribution >= 0.6 is 11.8 Å². The molecule has 96 valence electrons. The van der Waals surface area contributed by atoms with Crippen molar-refractivity contribution in [2.75, 3.05) is 16.8 Å². The second-order valence-electron chi connectivity index (χ2n) is 3.24. The van der Waals surface area contributed by atoms with Crippen LogP contribution in [0.1, 0.15) is 0 Å². The standard InChI is InChI=1S/C10H10N2O5S/c13-9(5-18-6-10(14)15)11-7-1-3-8(4-2-7)12(16)17/h1-4H,5-6H2,(H,11,13)(H,14,15). The van der Waals surface area contributed by atoms with Gasteiger partial charge in [-0.2, -0.15) is 0 Å². The molecule has 1 aromatic carbocycles. The predicted molar refractivity (Wildman–Crippen MR) is 66.7 cm³/mol. The van der Waals surface area contributed by atoms with Gasteiger partial charge in [0.1, 0.15) is 0 Å². The Morgan fingerprint density at radius 3 is 2.39 bits per heavy atom. The van der Waals surface area contributed by atoms with Gasteiger partial charge in [-0.15, -0.1) is 11.8 Å². The minimum absolute atomic E-state index is 0.0172. The van der Waals surface area contributed by atoms with Gasteiger partial charge in [0.15, 0.2) is 0 Å². The van der Waals surface area contributed by atoms with Crippen LogP contribution in [0.3, 0.4) is 0 Å². The number of carboxylic acid groups (broad SMARTS) is 1. The number of hydrogen-bond donors (Lipinski definition) is 2. The van der Waals surface area contributed by atoms with E-state index >= 15 is 0 Å². The molecule has 0 aliphatic heterocycles. The fourth-order valence-electron chi connectivity index (χ4n) is 1.09. The SMILES string of the molecule is O=C(O)CSCC(=O)Nc1ccc([N+](=O)[O-])cc1. The molecule has 0 fully saturated rings. The summed E-state index contributed by atoms with van der Waals surface area (Å²) in [6, 6.07) is 5.38. The number of thioether (sulfide) groups is 1. The fourth-order valence-corrected chi connectivity index (χ4v) is 1.63. The molecule has 1 rings (SSSR count). The van der Waals surface area contributed by atoms with Gasteiger partial charge in [-0.25, -0.2) is 0 Å². The molecule has 0 atom stereocenters. The van der Waals surface area contributed by atoms with Gasteiger partial charge in [0.25, 0.3) is 5.69 Å². The van der Waals surface area contributed by atoms with Gasteiger partial charge in [0, 0.05) is 17.8 Å². The quantitative estimate of drug-likeness (QED) is 0.596. The van der Waals surface area contributed by atoms with Gasteiger partial charge in [0.2, 0.25) is 5.91 Å². The van der Waals surface area contributed by atoms with Gasteiger partial charge in [-0.05, 0) is 12.1 Å². The number of benzene rings is 1. The Kier molecular flexibility index (Phi) is 5.12. The number of amides is 1. The molecule has 7 nitrogen and oxygen atoms in total. The number of aliphatic carboxylic acids is 1. The fraction of sp³-hybridized carbons (Fsp3) is 0.200. The number of non-ortho nitro benzene ring substituents is 1. The van der Waals surface area contributed by atoms with Crippen molar-refractivity contribution >= 4 is 35.0 Å². The molecule has 0 saturated carbocycles. The molecular weight excluding hydrogens is 260 g/mol. The Balaban J connectivity index is 2.44. The number of carboxylic acids is 1. The van der Waals surface area contributed by atoms with Crippen LogP contribution in [-0.2, 0) is 9.59 Å². The van der Waals surface area contributed by atoms with E-state index in [4.69, 9.17) is 5.11 Å². The molecule has 0 unspecified atom stereocenters. The molecule has 1 amide bonds. The Bertz CT molecular complexity index is 460. The summed E-state index contributed by atoms with van der Waals surface area (Å²) in [6.07, 6.45) is 0. The summed E-state index contributed by atoms with van der Waals surface area (Å²) in [5.41, 5.74) is 0.370. The van der Waals surface area contributed by atoms with Crippen LogP contribution in [-0.4, -0.2) is 33.4 Å². The third-order valence-corrected chi connectivity index (χ3v) is 2.74. The number of nitro groups is 1. The highest BCUT2D eigenvalue weighted by Gasteiger charge is 2.07. The Labute approximate surface area is 106 Å². The minimum atomic E-state index is -0.983. The van der Waals surface area contributed by atoms with Gasteiger partial charge in [-0.1, -0.05) is 0 Å². The molecule has 0 spiro atoms. The van der Waals surface area contributed by atoms with Crippen molar-refractivity contribution in [2.45, 2.75) is 0 Å². The van der Waals surface area contributed by atoms with E-state index in [1.807, 2.05) is 0 Å². The maximum atomic E-state index is 11.4. The third kappa shape index (κ3) is 4.83. The van der Waals surface area contributed by atoms with Crippen LogP contribution < -0.4 is 5.32 Å². The lowest BCUT2D eigenvalue weighted by atomic mass is 10.3. The maximum Gasteiger partial charge on any atom is 0.313 e. The number of carbonyl (C=O) groups excluding carboxylic acids is 1. The van der Waals surface area contributed by atoms with E-state index in [-0.39, 0.29) is 23.1 Å². The molecule has 0 aliphatic rings. The van der Waals surface area contributed by atoms with Crippen molar-refractivity contribution in [3.63, 3.8) is 0 Å². The van der Waals surface area contributed by atoms with Gasteiger partial charge >= 0.3 is 5.97 Å². The molecule has 0 radical (unpaired) electrons. The third-order valence-electron chi connectivity index (χ3n) is 1.82. The average Bonchev–Trinajstić information content (AvgIpc) is 2.29. The molecule has 8 heteroatoms. The number of anilines is 1. The van der Waals surface area contributed by atoms with E-state index in [2.05, 4.69) is 5.32 Å². The van der Waals surface area contributed by atoms with Crippen molar-refractivity contribution in [2.24, 2.45) is 0 Å². The van der Waals surface area contributed by atoms with Crippen LogP contribution in [0.4, 0.5) is 11.4 Å². The van der Waals surface area contributed by atoms with E-state index in [0.717, 1.165) is 11.8 Å². The Morgan fingerprint density at radius 2 is 1.89 bits per heavy atom. The lowest BCUT2D eigenvalue weighted by Gasteiger charge is -2.03. The number of rotatable bonds is 6. The first-order valence-corrected chi connectivity index (χ1v) is 5.98. The molecule has 0 saturated heterocycles. The topological polar surface area (TPSA) is 110 Å². The summed E-state index contributed by atoms with van der Waals surface area (Å²) < 4.78 is 0. The molecule has 0 bridgehead atoms. The molecule has 0 aliphatic carbocycles. The zero-order valence-corrected chi connectivity index (χ0v) is 9.98. The van der Waals surface area contributed by atoms with Gasteiger partial charge < -0.3 is 10.4 Å². The molecule has 1 aromatic rings. The van der Waals surface area contributed by atoms with E-state index in [0.29, 0.717) is 5.69 Å². The number of nitro benzene ring substituents is 1. The molecular formula is C10H10N2O5S. The molecule has 0 heterocycles. The molecule has 18 heavy (non-hydrogen) atoms. The van der Waals surface area contributed by atoms with Crippen molar-refractivity contribution in [3.8, 4) is 0 Å². The zero-order chi connectivity index (χ0) is 13.5. The van der Waals surface area contributed by atoms with Crippen LogP contribution in [0.15, 0.2) is 24.3 Å². The van der Waals surface area contributed by atoms with Crippen LogP contribution in [0.25, 0.3) is 0 Å². The van der Waals surface area contributed by atoms with Crippen LogP contribution in [0, 0.1) is 10.1 Å². The van der Waals surface area contributed by atoms with Gasteiger partial charge in [-0.3, -0.25) is 19.7 Å². The first-order valence-electron chi connectivity index (χ1n) is 4.83. The van der Waals surface area contributed by atoms with Crippen LogP contribution in [0.2, 0.25) is 0 Å². The number of nitrogens with zero attached hydrogens (tertiary/aromatic N) is 1. The number of nitrogens with one attached hydrogen (secondary N) is 1. The average molecular weight is 270 g/mol. The first-order chi connectivity index (χ1) is 8.49. The maximum absolute atomic E-state index is 11.4. The summed E-state index contributed by atoms with van der Waals surface area (Å²) in [4.78, 5) is 31.4. The lowest BCUT2D eigenvalue weighted by Crippen LogP contribution is -2.15. The normalized spacial score (nSPS) is 9.78. The first kappa shape index (κ1) is 14.0. The largest absolute Gasteiger partial charge is 0.481 e. The second kappa shape index (κ2) is 6.60. The highest BCUT2D eigenvalue weighted by atomic mass is 32.2. The predicted octanol–water partition coefficient (Wildman–Crippen LogP) is 1.35. The highest BCUT2D eigenvalue weighted by molar-refractivity contribution is 8.00. The highest BCUT2D eigenvalue weighted by Crippen LogP contribution is 2.15. The Hall–Kier alpha value is -2.09. The minimum Gasteiger partial charge on any atom is -0.481 e. The van der Waals surface area contributed by atoms with Crippen molar-refractivity contribution in [1.29, 1.82) is 0 Å². The van der Waals surface area contributed by atoms with Crippen molar-refractivity contribution in [1.82, 2.24) is 0 Å². The second-order valence-corrected chi connectivity index (χ2v) is 4.22. The van der Waals surface area contributed by atoms with E-state index in [1.54, 1.807) is 0 Å². The smallest absolute Gasteiger partial charge is 0.313 e. The zero-order valence-electron chi connectivity index (χ0n) is 9.16. The number of carbonyl (C=O) groups is 2. The van der Waals surface area contributed by atoms with E-state index in [9.17, 15) is 19.7 Å².